The lowest BCUT2D eigenvalue weighted by molar-refractivity contribution is -0.131. The van der Waals surface area contributed by atoms with Crippen molar-refractivity contribution in [2.45, 2.75) is 18.9 Å². The van der Waals surface area contributed by atoms with Crippen LogP contribution in [0.3, 0.4) is 0 Å². The van der Waals surface area contributed by atoms with Gasteiger partial charge in [0.1, 0.15) is 6.10 Å². The summed E-state index contributed by atoms with van der Waals surface area (Å²) in [6.07, 6.45) is 1.62. The molecule has 0 aliphatic carbocycles. The number of benzene rings is 1. The molecule has 6 heteroatoms. The zero-order valence-electron chi connectivity index (χ0n) is 11.1. The number of ether oxygens (including phenoxy) is 3. The van der Waals surface area contributed by atoms with Gasteiger partial charge in [-0.3, -0.25) is 4.79 Å². The molecular formula is C14H16O6. The normalized spacial score (nSPS) is 15.7. The Labute approximate surface area is 116 Å². The maximum Gasteiger partial charge on any atom is 0.377 e. The molecule has 1 N–H and O–H groups in total. The topological polar surface area (TPSA) is 82.1 Å². The molecule has 0 atom stereocenters. The quantitative estimate of drug-likeness (QED) is 0.650. The molecule has 1 aliphatic heterocycles. The average Bonchev–Trinajstić information content (AvgIpc) is 2.48. The fourth-order valence-electron chi connectivity index (χ4n) is 2.00. The fraction of sp³-hybridized carbons (Fsp3) is 0.429. The molecule has 0 saturated carbocycles. The van der Waals surface area contributed by atoms with Gasteiger partial charge in [-0.1, -0.05) is 0 Å². The summed E-state index contributed by atoms with van der Waals surface area (Å²) in [5, 5.41) is 8.69. The van der Waals surface area contributed by atoms with Crippen molar-refractivity contribution in [3.63, 3.8) is 0 Å². The molecular weight excluding hydrogens is 264 g/mol. The van der Waals surface area contributed by atoms with Crippen molar-refractivity contribution >= 4 is 11.8 Å². The first-order valence-corrected chi connectivity index (χ1v) is 6.32. The lowest BCUT2D eigenvalue weighted by Gasteiger charge is -2.24. The standard InChI is InChI=1S/C14H16O6/c1-18-12-8-9(13(15)14(16)17)2-3-11(12)20-10-4-6-19-7-5-10/h2-3,8,10H,4-7H2,1H3,(H,16,17). The van der Waals surface area contributed by atoms with Gasteiger partial charge in [-0.25, -0.2) is 4.79 Å². The van der Waals surface area contributed by atoms with Crippen molar-refractivity contribution in [1.29, 1.82) is 0 Å². The molecule has 0 radical (unpaired) electrons. The zero-order chi connectivity index (χ0) is 14.5. The number of hydrogen-bond acceptors (Lipinski definition) is 5. The van der Waals surface area contributed by atoms with E-state index < -0.39 is 11.8 Å². The van der Waals surface area contributed by atoms with E-state index in [-0.39, 0.29) is 11.7 Å². The zero-order valence-corrected chi connectivity index (χ0v) is 11.1. The summed E-state index contributed by atoms with van der Waals surface area (Å²) in [6.45, 7) is 1.31. The van der Waals surface area contributed by atoms with E-state index in [1.807, 2.05) is 0 Å². The van der Waals surface area contributed by atoms with Crippen molar-refractivity contribution < 1.29 is 28.9 Å². The first-order valence-electron chi connectivity index (χ1n) is 6.32. The van der Waals surface area contributed by atoms with Crippen LogP contribution < -0.4 is 9.47 Å². The third kappa shape index (κ3) is 3.27. The molecule has 2 rings (SSSR count). The van der Waals surface area contributed by atoms with E-state index in [1.165, 1.54) is 19.2 Å². The monoisotopic (exact) mass is 280 g/mol. The van der Waals surface area contributed by atoms with Crippen molar-refractivity contribution in [2.24, 2.45) is 0 Å². The summed E-state index contributed by atoms with van der Waals surface area (Å²) in [7, 11) is 1.45. The van der Waals surface area contributed by atoms with Crippen molar-refractivity contribution in [1.82, 2.24) is 0 Å². The molecule has 108 valence electrons. The number of carboxylic acids is 1. The predicted octanol–water partition coefficient (Wildman–Crippen LogP) is 1.52. The van der Waals surface area contributed by atoms with Gasteiger partial charge in [-0.15, -0.1) is 0 Å². The Morgan fingerprint density at radius 1 is 1.25 bits per heavy atom. The SMILES string of the molecule is COc1cc(C(=O)C(=O)O)ccc1OC1CCOCC1. The smallest absolute Gasteiger partial charge is 0.377 e. The Morgan fingerprint density at radius 3 is 2.55 bits per heavy atom. The fourth-order valence-corrected chi connectivity index (χ4v) is 2.00. The van der Waals surface area contributed by atoms with E-state index >= 15 is 0 Å². The molecule has 20 heavy (non-hydrogen) atoms. The Kier molecular flexibility index (Phi) is 4.57. The second-order valence-electron chi connectivity index (χ2n) is 4.43. The molecule has 0 aromatic heterocycles. The van der Waals surface area contributed by atoms with Crippen molar-refractivity contribution in [2.75, 3.05) is 20.3 Å². The van der Waals surface area contributed by atoms with Crippen LogP contribution in [-0.4, -0.2) is 43.3 Å². The first kappa shape index (κ1) is 14.3. The molecule has 1 aliphatic rings. The summed E-state index contributed by atoms with van der Waals surface area (Å²) in [6, 6.07) is 4.36. The van der Waals surface area contributed by atoms with Crippen LogP contribution >= 0.6 is 0 Å². The van der Waals surface area contributed by atoms with Crippen molar-refractivity contribution in [3.05, 3.63) is 23.8 Å². The maximum atomic E-state index is 11.4. The predicted molar refractivity (Wildman–Crippen MR) is 69.4 cm³/mol. The Morgan fingerprint density at radius 2 is 1.95 bits per heavy atom. The minimum atomic E-state index is -1.50. The van der Waals surface area contributed by atoms with Gasteiger partial charge in [-0.2, -0.15) is 0 Å². The molecule has 1 saturated heterocycles. The van der Waals surface area contributed by atoms with Crippen LogP contribution in [0.25, 0.3) is 0 Å². The highest BCUT2D eigenvalue weighted by Gasteiger charge is 2.20. The van der Waals surface area contributed by atoms with Gasteiger partial charge in [0.2, 0.25) is 0 Å². The summed E-state index contributed by atoms with van der Waals surface area (Å²) in [4.78, 5) is 22.1. The molecule has 1 fully saturated rings. The van der Waals surface area contributed by atoms with Crippen LogP contribution in [0.4, 0.5) is 0 Å². The number of carboxylic acid groups (broad SMARTS) is 1. The molecule has 6 nitrogen and oxygen atoms in total. The molecule has 0 bridgehead atoms. The summed E-state index contributed by atoms with van der Waals surface area (Å²) in [5.74, 6) is -1.61. The number of carbonyl (C=O) groups excluding carboxylic acids is 1. The van der Waals surface area contributed by atoms with E-state index in [0.29, 0.717) is 24.7 Å². The number of aliphatic carboxylic acids is 1. The lowest BCUT2D eigenvalue weighted by atomic mass is 10.1. The molecule has 0 unspecified atom stereocenters. The van der Waals surface area contributed by atoms with Crippen LogP contribution in [0.2, 0.25) is 0 Å². The Balaban J connectivity index is 2.17. The van der Waals surface area contributed by atoms with Gasteiger partial charge in [0.15, 0.2) is 11.5 Å². The van der Waals surface area contributed by atoms with Gasteiger partial charge in [0.05, 0.1) is 20.3 Å². The van der Waals surface area contributed by atoms with Crippen LogP contribution in [0.5, 0.6) is 11.5 Å². The number of hydrogen-bond donors (Lipinski definition) is 1. The summed E-state index contributed by atoms with van der Waals surface area (Å²) in [5.41, 5.74) is 0.0636. The second-order valence-corrected chi connectivity index (χ2v) is 4.43. The summed E-state index contributed by atoms with van der Waals surface area (Å²) < 4.78 is 16.2. The number of ketones is 1. The van der Waals surface area contributed by atoms with E-state index in [4.69, 9.17) is 19.3 Å². The largest absolute Gasteiger partial charge is 0.493 e. The van der Waals surface area contributed by atoms with Gasteiger partial charge < -0.3 is 19.3 Å². The van der Waals surface area contributed by atoms with Gasteiger partial charge >= 0.3 is 5.97 Å². The minimum Gasteiger partial charge on any atom is -0.493 e. The molecule has 0 spiro atoms. The second kappa shape index (κ2) is 6.38. The highest BCUT2D eigenvalue weighted by Crippen LogP contribution is 2.30. The third-order valence-corrected chi connectivity index (χ3v) is 3.08. The van der Waals surface area contributed by atoms with Gasteiger partial charge in [0.25, 0.3) is 5.78 Å². The highest BCUT2D eigenvalue weighted by atomic mass is 16.5. The molecule has 0 amide bonds. The Hall–Kier alpha value is -2.08. The minimum absolute atomic E-state index is 0.0404. The van der Waals surface area contributed by atoms with E-state index in [1.54, 1.807) is 6.07 Å². The Bertz CT molecular complexity index is 504. The van der Waals surface area contributed by atoms with E-state index in [0.717, 1.165) is 12.8 Å². The van der Waals surface area contributed by atoms with Crippen LogP contribution in [0, 0.1) is 0 Å². The average molecular weight is 280 g/mol. The molecule has 1 heterocycles. The van der Waals surface area contributed by atoms with E-state index in [9.17, 15) is 9.59 Å². The highest BCUT2D eigenvalue weighted by molar-refractivity contribution is 6.39. The van der Waals surface area contributed by atoms with Crippen LogP contribution in [-0.2, 0) is 9.53 Å². The number of rotatable bonds is 5. The van der Waals surface area contributed by atoms with Gasteiger partial charge in [-0.05, 0) is 18.2 Å². The molecule has 1 aromatic rings. The number of carbonyl (C=O) groups is 2. The number of methoxy groups -OCH3 is 1. The summed E-state index contributed by atoms with van der Waals surface area (Å²) >= 11 is 0. The number of Topliss-reactive ketones (excluding diaryl/α,β-unsaturated/α-hetero) is 1. The maximum absolute atomic E-state index is 11.4. The third-order valence-electron chi connectivity index (χ3n) is 3.08. The van der Waals surface area contributed by atoms with Gasteiger partial charge in [0, 0.05) is 18.4 Å². The van der Waals surface area contributed by atoms with Crippen LogP contribution in [0.15, 0.2) is 18.2 Å². The van der Waals surface area contributed by atoms with E-state index in [2.05, 4.69) is 0 Å². The lowest BCUT2D eigenvalue weighted by Crippen LogP contribution is -2.26. The van der Waals surface area contributed by atoms with Crippen molar-refractivity contribution in [3.8, 4) is 11.5 Å². The van der Waals surface area contributed by atoms with Crippen LogP contribution in [0.1, 0.15) is 23.2 Å². The molecule has 1 aromatic carbocycles. The first-order chi connectivity index (χ1) is 9.61.